The molecule has 1 aromatic heterocycles. The number of aromatic nitrogens is 1. The minimum atomic E-state index is -0.465. The van der Waals surface area contributed by atoms with E-state index < -0.39 is 4.92 Å². The van der Waals surface area contributed by atoms with Gasteiger partial charge in [0.25, 0.3) is 11.6 Å². The Labute approximate surface area is 149 Å². The number of pyridine rings is 1. The second-order valence-corrected chi connectivity index (χ2v) is 5.41. The third kappa shape index (κ3) is 4.41. The van der Waals surface area contributed by atoms with Gasteiger partial charge in [-0.05, 0) is 23.8 Å². The van der Waals surface area contributed by atoms with Crippen molar-refractivity contribution in [3.63, 3.8) is 0 Å². The standard InChI is InChI=1S/C19H15N3O4/c23-19(21-12-14-6-9-16(10-7-14)22(24)25)15-8-11-18(20-13-15)26-17-4-2-1-3-5-17/h1-11,13H,12H2,(H,21,23). The van der Waals surface area contributed by atoms with Gasteiger partial charge in [-0.3, -0.25) is 14.9 Å². The number of non-ortho nitro benzene ring substituents is 1. The zero-order chi connectivity index (χ0) is 18.4. The number of rotatable bonds is 6. The van der Waals surface area contributed by atoms with Crippen molar-refractivity contribution in [1.29, 1.82) is 0 Å². The van der Waals surface area contributed by atoms with E-state index >= 15 is 0 Å². The number of para-hydroxylation sites is 1. The lowest BCUT2D eigenvalue weighted by Crippen LogP contribution is -2.22. The molecule has 130 valence electrons. The summed E-state index contributed by atoms with van der Waals surface area (Å²) in [5.41, 5.74) is 1.17. The first-order valence-electron chi connectivity index (χ1n) is 7.82. The Morgan fingerprint density at radius 3 is 2.38 bits per heavy atom. The van der Waals surface area contributed by atoms with E-state index in [-0.39, 0.29) is 18.1 Å². The second-order valence-electron chi connectivity index (χ2n) is 5.41. The van der Waals surface area contributed by atoms with Crippen molar-refractivity contribution in [3.05, 3.63) is 94.2 Å². The van der Waals surface area contributed by atoms with Crippen LogP contribution in [0.3, 0.4) is 0 Å². The highest BCUT2D eigenvalue weighted by molar-refractivity contribution is 5.93. The average Bonchev–Trinajstić information content (AvgIpc) is 2.68. The van der Waals surface area contributed by atoms with Crippen LogP contribution in [-0.4, -0.2) is 15.8 Å². The summed E-state index contributed by atoms with van der Waals surface area (Å²) in [7, 11) is 0. The van der Waals surface area contributed by atoms with Gasteiger partial charge in [0.2, 0.25) is 5.88 Å². The number of nitrogens with zero attached hydrogens (tertiary/aromatic N) is 2. The molecule has 0 bridgehead atoms. The van der Waals surface area contributed by atoms with Crippen LogP contribution in [0.2, 0.25) is 0 Å². The summed E-state index contributed by atoms with van der Waals surface area (Å²) in [5, 5.41) is 13.4. The van der Waals surface area contributed by atoms with Crippen LogP contribution >= 0.6 is 0 Å². The van der Waals surface area contributed by atoms with Gasteiger partial charge in [0, 0.05) is 30.9 Å². The van der Waals surface area contributed by atoms with Gasteiger partial charge in [-0.15, -0.1) is 0 Å². The summed E-state index contributed by atoms with van der Waals surface area (Å²) in [6.07, 6.45) is 1.43. The molecule has 1 heterocycles. The van der Waals surface area contributed by atoms with Crippen molar-refractivity contribution in [1.82, 2.24) is 10.3 Å². The van der Waals surface area contributed by atoms with Gasteiger partial charge in [-0.25, -0.2) is 4.98 Å². The molecule has 1 N–H and O–H groups in total. The third-order valence-corrected chi connectivity index (χ3v) is 3.56. The molecule has 7 nitrogen and oxygen atoms in total. The number of amides is 1. The summed E-state index contributed by atoms with van der Waals surface area (Å²) in [5.74, 6) is 0.764. The van der Waals surface area contributed by atoms with Crippen molar-refractivity contribution >= 4 is 11.6 Å². The van der Waals surface area contributed by atoms with E-state index in [1.165, 1.54) is 18.3 Å². The smallest absolute Gasteiger partial charge is 0.269 e. The van der Waals surface area contributed by atoms with Crippen LogP contribution in [-0.2, 0) is 6.54 Å². The number of ether oxygens (including phenoxy) is 1. The zero-order valence-electron chi connectivity index (χ0n) is 13.7. The van der Waals surface area contributed by atoms with Crippen molar-refractivity contribution in [2.75, 3.05) is 0 Å². The molecule has 0 aliphatic rings. The van der Waals surface area contributed by atoms with Crippen LogP contribution in [0, 0.1) is 10.1 Å². The second kappa shape index (κ2) is 7.89. The fourth-order valence-corrected chi connectivity index (χ4v) is 2.20. The summed E-state index contributed by atoms with van der Waals surface area (Å²) in [6.45, 7) is 0.263. The van der Waals surface area contributed by atoms with E-state index in [9.17, 15) is 14.9 Å². The van der Waals surface area contributed by atoms with Gasteiger partial charge in [0.15, 0.2) is 0 Å². The van der Waals surface area contributed by atoms with Crippen LogP contribution in [0.5, 0.6) is 11.6 Å². The number of nitrogens with one attached hydrogen (secondary N) is 1. The third-order valence-electron chi connectivity index (χ3n) is 3.56. The average molecular weight is 349 g/mol. The molecular formula is C19H15N3O4. The van der Waals surface area contributed by atoms with Crippen molar-refractivity contribution in [2.45, 2.75) is 6.54 Å². The van der Waals surface area contributed by atoms with E-state index in [1.807, 2.05) is 30.3 Å². The lowest BCUT2D eigenvalue weighted by atomic mass is 10.2. The van der Waals surface area contributed by atoms with Crippen molar-refractivity contribution in [3.8, 4) is 11.6 Å². The van der Waals surface area contributed by atoms with E-state index in [0.29, 0.717) is 17.2 Å². The molecule has 0 aliphatic carbocycles. The van der Waals surface area contributed by atoms with Gasteiger partial charge in [0.1, 0.15) is 5.75 Å². The highest BCUT2D eigenvalue weighted by Gasteiger charge is 2.08. The van der Waals surface area contributed by atoms with E-state index in [0.717, 1.165) is 5.56 Å². The molecule has 3 aromatic rings. The molecule has 0 unspecified atom stereocenters. The van der Waals surface area contributed by atoms with Crippen LogP contribution in [0.15, 0.2) is 72.9 Å². The summed E-state index contributed by atoms with van der Waals surface area (Å²) in [6, 6.07) is 18.5. The number of hydrogen-bond acceptors (Lipinski definition) is 5. The minimum absolute atomic E-state index is 0.0123. The number of hydrogen-bond donors (Lipinski definition) is 1. The van der Waals surface area contributed by atoms with Crippen LogP contribution in [0.4, 0.5) is 5.69 Å². The van der Waals surface area contributed by atoms with Gasteiger partial charge in [-0.1, -0.05) is 30.3 Å². The largest absolute Gasteiger partial charge is 0.439 e. The first kappa shape index (κ1) is 17.1. The van der Waals surface area contributed by atoms with Crippen LogP contribution in [0.25, 0.3) is 0 Å². The monoisotopic (exact) mass is 349 g/mol. The highest BCUT2D eigenvalue weighted by atomic mass is 16.6. The molecule has 0 radical (unpaired) electrons. The van der Waals surface area contributed by atoms with Gasteiger partial charge < -0.3 is 10.1 Å². The lowest BCUT2D eigenvalue weighted by molar-refractivity contribution is -0.384. The fourth-order valence-electron chi connectivity index (χ4n) is 2.20. The SMILES string of the molecule is O=C(NCc1ccc([N+](=O)[O-])cc1)c1ccc(Oc2ccccc2)nc1. The van der Waals surface area contributed by atoms with E-state index in [2.05, 4.69) is 10.3 Å². The molecule has 3 rings (SSSR count). The quantitative estimate of drug-likeness (QED) is 0.541. The molecule has 0 fully saturated rings. The molecule has 2 aromatic carbocycles. The fraction of sp³-hybridized carbons (Fsp3) is 0.0526. The molecule has 1 amide bonds. The molecule has 7 heteroatoms. The van der Waals surface area contributed by atoms with Gasteiger partial charge in [-0.2, -0.15) is 0 Å². The van der Waals surface area contributed by atoms with E-state index in [4.69, 9.17) is 4.74 Å². The summed E-state index contributed by atoms with van der Waals surface area (Å²) >= 11 is 0. The lowest BCUT2D eigenvalue weighted by Gasteiger charge is -2.07. The number of carbonyl (C=O) groups excluding carboxylic acids is 1. The van der Waals surface area contributed by atoms with Gasteiger partial charge >= 0.3 is 0 Å². The maximum Gasteiger partial charge on any atom is 0.269 e. The Hall–Kier alpha value is -3.74. The molecule has 0 spiro atoms. The zero-order valence-corrected chi connectivity index (χ0v) is 13.7. The summed E-state index contributed by atoms with van der Waals surface area (Å²) in [4.78, 5) is 26.4. The molecule has 26 heavy (non-hydrogen) atoms. The molecule has 0 atom stereocenters. The Bertz CT molecular complexity index is 894. The number of carbonyl (C=O) groups is 1. The van der Waals surface area contributed by atoms with E-state index in [1.54, 1.807) is 24.3 Å². The predicted octanol–water partition coefficient (Wildman–Crippen LogP) is 3.71. The Balaban J connectivity index is 1.57. The Kier molecular flexibility index (Phi) is 5.19. The molecule has 0 saturated carbocycles. The Morgan fingerprint density at radius 2 is 1.77 bits per heavy atom. The normalized spacial score (nSPS) is 10.2. The van der Waals surface area contributed by atoms with Crippen molar-refractivity contribution < 1.29 is 14.5 Å². The number of nitro benzene ring substituents is 1. The maximum atomic E-state index is 12.2. The van der Waals surface area contributed by atoms with Crippen LogP contribution in [0.1, 0.15) is 15.9 Å². The predicted molar refractivity (Wildman–Crippen MR) is 95.0 cm³/mol. The number of benzene rings is 2. The maximum absolute atomic E-state index is 12.2. The molecule has 0 aliphatic heterocycles. The first-order valence-corrected chi connectivity index (χ1v) is 7.82. The highest BCUT2D eigenvalue weighted by Crippen LogP contribution is 2.18. The van der Waals surface area contributed by atoms with Crippen LogP contribution < -0.4 is 10.1 Å². The van der Waals surface area contributed by atoms with Gasteiger partial charge in [0.05, 0.1) is 10.5 Å². The number of nitro groups is 1. The first-order chi connectivity index (χ1) is 12.6. The van der Waals surface area contributed by atoms with Crippen molar-refractivity contribution in [2.24, 2.45) is 0 Å². The summed E-state index contributed by atoms with van der Waals surface area (Å²) < 4.78 is 5.58. The molecular weight excluding hydrogens is 334 g/mol. The minimum Gasteiger partial charge on any atom is -0.439 e. The Morgan fingerprint density at radius 1 is 1.04 bits per heavy atom. The topological polar surface area (TPSA) is 94.4 Å². The molecule has 0 saturated heterocycles.